The number of furan rings is 2. The van der Waals surface area contributed by atoms with Gasteiger partial charge in [0.15, 0.2) is 11.3 Å². The Morgan fingerprint density at radius 3 is 2.33 bits per heavy atom. The number of hydrogen-bond acceptors (Lipinski definition) is 4. The van der Waals surface area contributed by atoms with E-state index in [1.807, 2.05) is 26.0 Å². The fourth-order valence-electron chi connectivity index (χ4n) is 2.47. The average molecular weight is 245 g/mol. The number of hydrogen-bond donors (Lipinski definition) is 2. The highest BCUT2D eigenvalue weighted by Crippen LogP contribution is 2.40. The van der Waals surface area contributed by atoms with Crippen LogP contribution in [-0.4, -0.2) is 11.7 Å². The fourth-order valence-corrected chi connectivity index (χ4v) is 2.47. The molecular formula is C14H15NO3. The minimum absolute atomic E-state index is 0.144. The van der Waals surface area contributed by atoms with E-state index < -0.39 is 0 Å². The Balaban J connectivity index is 2.51. The maximum atomic E-state index is 10.2. The van der Waals surface area contributed by atoms with E-state index in [1.165, 1.54) is 0 Å². The molecule has 0 radical (unpaired) electrons. The van der Waals surface area contributed by atoms with Gasteiger partial charge < -0.3 is 19.7 Å². The Hall–Kier alpha value is -1.94. The second-order valence-corrected chi connectivity index (χ2v) is 4.57. The van der Waals surface area contributed by atoms with Crippen LogP contribution in [0.25, 0.3) is 21.9 Å². The lowest BCUT2D eigenvalue weighted by atomic mass is 10.0. The third-order valence-corrected chi connectivity index (χ3v) is 3.17. The lowest BCUT2D eigenvalue weighted by molar-refractivity contribution is 0.466. The number of phenols is 1. The molecule has 0 saturated carbocycles. The van der Waals surface area contributed by atoms with E-state index in [0.717, 1.165) is 22.5 Å². The van der Waals surface area contributed by atoms with Gasteiger partial charge in [0.1, 0.15) is 17.1 Å². The minimum atomic E-state index is 0.144. The van der Waals surface area contributed by atoms with Crippen LogP contribution in [0.1, 0.15) is 17.1 Å². The molecule has 18 heavy (non-hydrogen) atoms. The Labute approximate surface area is 104 Å². The van der Waals surface area contributed by atoms with Gasteiger partial charge in [0.2, 0.25) is 0 Å². The third-order valence-electron chi connectivity index (χ3n) is 3.17. The number of fused-ring (bicyclic) bond motifs is 2. The van der Waals surface area contributed by atoms with Crippen LogP contribution in [-0.2, 0) is 6.42 Å². The second-order valence-electron chi connectivity index (χ2n) is 4.57. The smallest absolute Gasteiger partial charge is 0.177 e. The predicted octanol–water partition coefficient (Wildman–Crippen LogP) is 3.00. The molecule has 1 aromatic carbocycles. The minimum Gasteiger partial charge on any atom is -0.504 e. The van der Waals surface area contributed by atoms with E-state index in [-0.39, 0.29) is 5.75 Å². The molecule has 0 amide bonds. The van der Waals surface area contributed by atoms with Crippen LogP contribution in [0.5, 0.6) is 5.75 Å². The van der Waals surface area contributed by atoms with Crippen molar-refractivity contribution in [2.24, 2.45) is 5.73 Å². The summed E-state index contributed by atoms with van der Waals surface area (Å²) in [5.41, 5.74) is 7.89. The van der Waals surface area contributed by atoms with Crippen molar-refractivity contribution in [2.45, 2.75) is 20.3 Å². The largest absolute Gasteiger partial charge is 0.504 e. The molecule has 0 aliphatic carbocycles. The number of aromatic hydroxyl groups is 1. The second kappa shape index (κ2) is 3.78. The first-order valence-electron chi connectivity index (χ1n) is 5.96. The number of aryl methyl sites for hydroxylation is 2. The summed E-state index contributed by atoms with van der Waals surface area (Å²) >= 11 is 0. The molecular weight excluding hydrogens is 230 g/mol. The van der Waals surface area contributed by atoms with Crippen molar-refractivity contribution in [3.05, 3.63) is 29.2 Å². The quantitative estimate of drug-likeness (QED) is 0.728. The number of rotatable bonds is 2. The van der Waals surface area contributed by atoms with Gasteiger partial charge in [-0.2, -0.15) is 0 Å². The number of benzene rings is 1. The molecule has 3 rings (SSSR count). The molecule has 0 unspecified atom stereocenters. The van der Waals surface area contributed by atoms with Crippen molar-refractivity contribution in [2.75, 3.05) is 6.54 Å². The maximum absolute atomic E-state index is 10.2. The van der Waals surface area contributed by atoms with Gasteiger partial charge in [-0.05, 0) is 38.9 Å². The molecule has 2 aromatic heterocycles. The SMILES string of the molecule is Cc1cc2c(CCN)c3oc(C)cc3c(O)c2o1. The molecule has 0 fully saturated rings. The lowest BCUT2D eigenvalue weighted by Crippen LogP contribution is -2.03. The molecule has 0 atom stereocenters. The van der Waals surface area contributed by atoms with E-state index in [4.69, 9.17) is 14.6 Å². The highest BCUT2D eigenvalue weighted by Gasteiger charge is 2.19. The fraction of sp³-hybridized carbons (Fsp3) is 0.286. The Morgan fingerprint density at radius 1 is 1.06 bits per heavy atom. The summed E-state index contributed by atoms with van der Waals surface area (Å²) in [6.07, 6.45) is 0.694. The van der Waals surface area contributed by atoms with Crippen molar-refractivity contribution in [1.29, 1.82) is 0 Å². The summed E-state index contributed by atoms with van der Waals surface area (Å²) in [7, 11) is 0. The van der Waals surface area contributed by atoms with E-state index >= 15 is 0 Å². The van der Waals surface area contributed by atoms with Gasteiger partial charge in [0.25, 0.3) is 0 Å². The summed E-state index contributed by atoms with van der Waals surface area (Å²) < 4.78 is 11.3. The zero-order valence-corrected chi connectivity index (χ0v) is 10.4. The molecule has 3 N–H and O–H groups in total. The van der Waals surface area contributed by atoms with E-state index in [1.54, 1.807) is 0 Å². The first-order chi connectivity index (χ1) is 8.61. The zero-order chi connectivity index (χ0) is 12.9. The summed E-state index contributed by atoms with van der Waals surface area (Å²) in [6, 6.07) is 3.74. The molecule has 0 bridgehead atoms. The molecule has 0 aliphatic rings. The van der Waals surface area contributed by atoms with Gasteiger partial charge in [-0.3, -0.25) is 0 Å². The average Bonchev–Trinajstić information content (AvgIpc) is 2.88. The monoisotopic (exact) mass is 245 g/mol. The van der Waals surface area contributed by atoms with Gasteiger partial charge in [-0.1, -0.05) is 0 Å². The summed E-state index contributed by atoms with van der Waals surface area (Å²) in [4.78, 5) is 0. The maximum Gasteiger partial charge on any atom is 0.177 e. The number of nitrogens with two attached hydrogens (primary N) is 1. The van der Waals surface area contributed by atoms with Gasteiger partial charge in [-0.25, -0.2) is 0 Å². The zero-order valence-electron chi connectivity index (χ0n) is 10.4. The summed E-state index contributed by atoms with van der Waals surface area (Å²) in [5.74, 6) is 1.68. The molecule has 0 aliphatic heterocycles. The Bertz CT molecular complexity index is 679. The standard InChI is InChI=1S/C14H15NO3/c1-7-5-10-9(3-4-15)13-11(6-8(2)17-13)12(16)14(10)18-7/h5-6,16H,3-4,15H2,1-2H3. The molecule has 0 saturated heterocycles. The van der Waals surface area contributed by atoms with Crippen LogP contribution in [0.2, 0.25) is 0 Å². The first-order valence-corrected chi connectivity index (χ1v) is 5.96. The van der Waals surface area contributed by atoms with Gasteiger partial charge in [0, 0.05) is 10.9 Å². The van der Waals surface area contributed by atoms with Crippen molar-refractivity contribution in [1.82, 2.24) is 0 Å². The van der Waals surface area contributed by atoms with Gasteiger partial charge in [-0.15, -0.1) is 0 Å². The van der Waals surface area contributed by atoms with Crippen molar-refractivity contribution >= 4 is 21.9 Å². The molecule has 2 heterocycles. The molecule has 4 nitrogen and oxygen atoms in total. The van der Waals surface area contributed by atoms with E-state index in [2.05, 4.69) is 0 Å². The molecule has 0 spiro atoms. The Kier molecular flexibility index (Phi) is 2.35. The highest BCUT2D eigenvalue weighted by molar-refractivity contribution is 6.04. The van der Waals surface area contributed by atoms with Gasteiger partial charge >= 0.3 is 0 Å². The van der Waals surface area contributed by atoms with E-state index in [9.17, 15) is 5.11 Å². The normalized spacial score (nSPS) is 11.7. The number of phenolic OH excluding ortho intramolecular Hbond substituents is 1. The van der Waals surface area contributed by atoms with Crippen LogP contribution >= 0.6 is 0 Å². The van der Waals surface area contributed by atoms with Crippen LogP contribution in [0.15, 0.2) is 21.0 Å². The van der Waals surface area contributed by atoms with Gasteiger partial charge in [0.05, 0.1) is 5.39 Å². The molecule has 3 aromatic rings. The highest BCUT2D eigenvalue weighted by atomic mass is 16.4. The topological polar surface area (TPSA) is 72.5 Å². The van der Waals surface area contributed by atoms with Crippen molar-refractivity contribution in [3.63, 3.8) is 0 Å². The van der Waals surface area contributed by atoms with Crippen molar-refractivity contribution in [3.8, 4) is 5.75 Å². The first kappa shape index (κ1) is 11.2. The molecule has 4 heteroatoms. The third kappa shape index (κ3) is 1.42. The van der Waals surface area contributed by atoms with Crippen LogP contribution in [0, 0.1) is 13.8 Å². The van der Waals surface area contributed by atoms with E-state index in [0.29, 0.717) is 29.5 Å². The summed E-state index contributed by atoms with van der Waals surface area (Å²) in [6.45, 7) is 4.25. The van der Waals surface area contributed by atoms with Crippen LogP contribution in [0.3, 0.4) is 0 Å². The Morgan fingerprint density at radius 2 is 1.67 bits per heavy atom. The molecule has 94 valence electrons. The van der Waals surface area contributed by atoms with Crippen LogP contribution < -0.4 is 5.73 Å². The van der Waals surface area contributed by atoms with Crippen molar-refractivity contribution < 1.29 is 13.9 Å². The summed E-state index contributed by atoms with van der Waals surface area (Å²) in [5, 5.41) is 11.8. The predicted molar refractivity (Wildman–Crippen MR) is 69.9 cm³/mol. The van der Waals surface area contributed by atoms with Crippen LogP contribution in [0.4, 0.5) is 0 Å². The lowest BCUT2D eigenvalue weighted by Gasteiger charge is -2.04.